The summed E-state index contributed by atoms with van der Waals surface area (Å²) in [5.74, 6) is 0.537. The van der Waals surface area contributed by atoms with E-state index in [4.69, 9.17) is 0 Å². The van der Waals surface area contributed by atoms with Crippen molar-refractivity contribution in [3.05, 3.63) is 51.8 Å². The molecule has 0 fully saturated rings. The van der Waals surface area contributed by atoms with Crippen LogP contribution in [0.5, 0.6) is 5.75 Å². The Morgan fingerprint density at radius 3 is 2.43 bits per heavy atom. The average Bonchev–Trinajstić information content (AvgIpc) is 2.46. The van der Waals surface area contributed by atoms with E-state index in [1.165, 1.54) is 0 Å². The molecule has 21 heavy (non-hydrogen) atoms. The molecule has 1 aromatic carbocycles. The molecule has 0 radical (unpaired) electrons. The first-order chi connectivity index (χ1) is 9.96. The van der Waals surface area contributed by atoms with Crippen molar-refractivity contribution in [2.45, 2.75) is 33.3 Å². The molecule has 1 unspecified atom stereocenters. The molecular weight excluding hydrogens is 268 g/mol. The number of allylic oxidation sites excluding steroid dienone is 2. The summed E-state index contributed by atoms with van der Waals surface area (Å²) in [5.41, 5.74) is 3.75. The van der Waals surface area contributed by atoms with E-state index < -0.39 is 0 Å². The SMILES string of the molecule is CC1=CC(Cc2cc(C)c(O)c(CO)c2)CC(CO)=C1O. The van der Waals surface area contributed by atoms with Crippen LogP contribution < -0.4 is 0 Å². The predicted octanol–water partition coefficient (Wildman–Crippen LogP) is 2.51. The minimum atomic E-state index is -0.192. The average molecular weight is 290 g/mol. The summed E-state index contributed by atoms with van der Waals surface area (Å²) in [6.07, 6.45) is 3.37. The Balaban J connectivity index is 2.22. The van der Waals surface area contributed by atoms with Crippen LogP contribution in [0.1, 0.15) is 30.0 Å². The fraction of sp³-hybridized carbons (Fsp3) is 0.412. The van der Waals surface area contributed by atoms with E-state index in [2.05, 4.69) is 0 Å². The van der Waals surface area contributed by atoms with Crippen molar-refractivity contribution in [3.8, 4) is 5.75 Å². The van der Waals surface area contributed by atoms with Gasteiger partial charge in [-0.3, -0.25) is 0 Å². The molecular formula is C17H22O4. The maximum absolute atomic E-state index is 9.87. The van der Waals surface area contributed by atoms with Gasteiger partial charge in [0, 0.05) is 5.56 Å². The van der Waals surface area contributed by atoms with E-state index in [0.717, 1.165) is 23.1 Å². The molecule has 0 amide bonds. The number of benzene rings is 1. The van der Waals surface area contributed by atoms with Crippen LogP contribution in [0.4, 0.5) is 0 Å². The summed E-state index contributed by atoms with van der Waals surface area (Å²) in [5, 5.41) is 38.3. The zero-order valence-electron chi connectivity index (χ0n) is 12.4. The Bertz CT molecular complexity index is 599. The number of phenols is 1. The van der Waals surface area contributed by atoms with Crippen molar-refractivity contribution in [1.29, 1.82) is 0 Å². The zero-order chi connectivity index (χ0) is 15.6. The highest BCUT2D eigenvalue weighted by molar-refractivity contribution is 5.43. The van der Waals surface area contributed by atoms with Crippen molar-refractivity contribution >= 4 is 0 Å². The number of aryl methyl sites for hydroxylation is 1. The summed E-state index contributed by atoms with van der Waals surface area (Å²) >= 11 is 0. The van der Waals surface area contributed by atoms with E-state index in [1.807, 2.05) is 32.1 Å². The molecule has 2 rings (SSSR count). The van der Waals surface area contributed by atoms with Gasteiger partial charge in [0.1, 0.15) is 11.5 Å². The lowest BCUT2D eigenvalue weighted by molar-refractivity contribution is 0.275. The van der Waals surface area contributed by atoms with Gasteiger partial charge in [0.2, 0.25) is 0 Å². The fourth-order valence-electron chi connectivity index (χ4n) is 2.93. The number of hydrogen-bond acceptors (Lipinski definition) is 4. The molecule has 1 aromatic rings. The lowest BCUT2D eigenvalue weighted by Gasteiger charge is -2.22. The van der Waals surface area contributed by atoms with Gasteiger partial charge in [-0.2, -0.15) is 0 Å². The highest BCUT2D eigenvalue weighted by Gasteiger charge is 2.20. The van der Waals surface area contributed by atoms with E-state index in [0.29, 0.717) is 17.6 Å². The lowest BCUT2D eigenvalue weighted by Crippen LogP contribution is -2.13. The maximum atomic E-state index is 9.87. The Kier molecular flexibility index (Phi) is 4.70. The second-order valence-corrected chi connectivity index (χ2v) is 5.71. The van der Waals surface area contributed by atoms with Gasteiger partial charge in [-0.25, -0.2) is 0 Å². The number of aliphatic hydroxyl groups is 3. The van der Waals surface area contributed by atoms with Gasteiger partial charge >= 0.3 is 0 Å². The van der Waals surface area contributed by atoms with Crippen LogP contribution in [-0.2, 0) is 13.0 Å². The molecule has 0 saturated heterocycles. The zero-order valence-corrected chi connectivity index (χ0v) is 12.4. The quantitative estimate of drug-likeness (QED) is 0.687. The summed E-state index contributed by atoms with van der Waals surface area (Å²) in [6, 6.07) is 3.72. The third kappa shape index (κ3) is 3.28. The molecule has 0 saturated carbocycles. The molecule has 1 aliphatic rings. The van der Waals surface area contributed by atoms with Crippen LogP contribution in [0.3, 0.4) is 0 Å². The molecule has 4 N–H and O–H groups in total. The highest BCUT2D eigenvalue weighted by atomic mass is 16.3. The molecule has 4 nitrogen and oxygen atoms in total. The maximum Gasteiger partial charge on any atom is 0.124 e. The number of rotatable bonds is 4. The second-order valence-electron chi connectivity index (χ2n) is 5.71. The molecule has 0 aromatic heterocycles. The van der Waals surface area contributed by atoms with Gasteiger partial charge in [0.15, 0.2) is 0 Å². The van der Waals surface area contributed by atoms with Crippen molar-refractivity contribution in [2.24, 2.45) is 5.92 Å². The summed E-state index contributed by atoms with van der Waals surface area (Å²) < 4.78 is 0. The van der Waals surface area contributed by atoms with Crippen LogP contribution in [0.15, 0.2) is 35.1 Å². The largest absolute Gasteiger partial charge is 0.508 e. The van der Waals surface area contributed by atoms with Crippen LogP contribution in [0, 0.1) is 12.8 Å². The molecule has 1 aliphatic carbocycles. The van der Waals surface area contributed by atoms with Gasteiger partial charge in [-0.05, 0) is 60.9 Å². The van der Waals surface area contributed by atoms with E-state index in [-0.39, 0.29) is 30.6 Å². The van der Waals surface area contributed by atoms with Gasteiger partial charge in [-0.15, -0.1) is 0 Å². The second kappa shape index (κ2) is 6.33. The normalized spacial score (nSPS) is 18.9. The summed E-state index contributed by atoms with van der Waals surface area (Å²) in [4.78, 5) is 0. The molecule has 0 aliphatic heterocycles. The van der Waals surface area contributed by atoms with Crippen molar-refractivity contribution in [1.82, 2.24) is 0 Å². The molecule has 0 spiro atoms. The van der Waals surface area contributed by atoms with Crippen LogP contribution in [-0.4, -0.2) is 27.0 Å². The fourth-order valence-corrected chi connectivity index (χ4v) is 2.93. The predicted molar refractivity (Wildman–Crippen MR) is 81.1 cm³/mol. The topological polar surface area (TPSA) is 80.9 Å². The molecule has 4 heteroatoms. The Morgan fingerprint density at radius 2 is 1.81 bits per heavy atom. The van der Waals surface area contributed by atoms with Gasteiger partial charge in [0.25, 0.3) is 0 Å². The van der Waals surface area contributed by atoms with Gasteiger partial charge < -0.3 is 20.4 Å². The minimum absolute atomic E-state index is 0.135. The summed E-state index contributed by atoms with van der Waals surface area (Å²) in [6.45, 7) is 3.32. The van der Waals surface area contributed by atoms with Crippen LogP contribution >= 0.6 is 0 Å². The monoisotopic (exact) mass is 290 g/mol. The molecule has 0 bridgehead atoms. The van der Waals surface area contributed by atoms with Crippen LogP contribution in [0.25, 0.3) is 0 Å². The smallest absolute Gasteiger partial charge is 0.124 e. The lowest BCUT2D eigenvalue weighted by atomic mass is 9.85. The van der Waals surface area contributed by atoms with E-state index in [9.17, 15) is 20.4 Å². The molecule has 114 valence electrons. The molecule has 0 heterocycles. The number of aliphatic hydroxyl groups excluding tert-OH is 3. The minimum Gasteiger partial charge on any atom is -0.508 e. The van der Waals surface area contributed by atoms with E-state index >= 15 is 0 Å². The number of aromatic hydroxyl groups is 1. The first-order valence-electron chi connectivity index (χ1n) is 7.09. The third-order valence-electron chi connectivity index (χ3n) is 4.00. The first-order valence-corrected chi connectivity index (χ1v) is 7.09. The van der Waals surface area contributed by atoms with Crippen LogP contribution in [0.2, 0.25) is 0 Å². The van der Waals surface area contributed by atoms with Gasteiger partial charge in [-0.1, -0.05) is 12.1 Å². The number of hydrogen-bond donors (Lipinski definition) is 4. The van der Waals surface area contributed by atoms with Gasteiger partial charge in [0.05, 0.1) is 13.2 Å². The Hall–Kier alpha value is -1.78. The summed E-state index contributed by atoms with van der Waals surface area (Å²) in [7, 11) is 0. The van der Waals surface area contributed by atoms with E-state index in [1.54, 1.807) is 0 Å². The Morgan fingerprint density at radius 1 is 1.10 bits per heavy atom. The standard InChI is InChI=1S/C17H22O4/c1-10-3-12(6-14(8-18)16(10)20)5-13-4-11(2)17(21)15(7-13)9-19/h3-4,6,13,18-21H,5,7-9H2,1-2H3. The molecule has 1 atom stereocenters. The Labute approximate surface area is 124 Å². The van der Waals surface area contributed by atoms with Crippen molar-refractivity contribution < 1.29 is 20.4 Å². The highest BCUT2D eigenvalue weighted by Crippen LogP contribution is 2.31. The first kappa shape index (κ1) is 15.6. The third-order valence-corrected chi connectivity index (χ3v) is 4.00. The van der Waals surface area contributed by atoms with Crippen molar-refractivity contribution in [3.63, 3.8) is 0 Å². The van der Waals surface area contributed by atoms with Crippen molar-refractivity contribution in [2.75, 3.05) is 6.61 Å².